The highest BCUT2D eigenvalue weighted by molar-refractivity contribution is 6.06. The van der Waals surface area contributed by atoms with Crippen molar-refractivity contribution in [1.82, 2.24) is 0 Å². The first-order valence-electron chi connectivity index (χ1n) is 6.25. The van der Waals surface area contributed by atoms with Crippen LogP contribution in [0, 0.1) is 5.82 Å². The topological polar surface area (TPSA) is 29.1 Å². The number of carbonyl (C=O) groups excluding carboxylic acids is 1. The molecule has 0 radical (unpaired) electrons. The van der Waals surface area contributed by atoms with Crippen molar-refractivity contribution in [3.8, 4) is 0 Å². The molecule has 1 atom stereocenters. The Morgan fingerprint density at radius 3 is 2.53 bits per heavy atom. The van der Waals surface area contributed by atoms with Gasteiger partial charge in [-0.1, -0.05) is 30.3 Å². The summed E-state index contributed by atoms with van der Waals surface area (Å²) in [6.07, 6.45) is 0.566. The number of hydrogen-bond acceptors (Lipinski definition) is 1. The van der Waals surface area contributed by atoms with Gasteiger partial charge < -0.3 is 5.32 Å². The quantitative estimate of drug-likeness (QED) is 0.876. The summed E-state index contributed by atoms with van der Waals surface area (Å²) < 4.78 is 12.9. The Kier molecular flexibility index (Phi) is 2.63. The van der Waals surface area contributed by atoms with Gasteiger partial charge in [0.1, 0.15) is 5.82 Å². The average Bonchev–Trinajstić information content (AvgIpc) is 2.65. The van der Waals surface area contributed by atoms with Crippen LogP contribution in [0.1, 0.15) is 18.1 Å². The zero-order chi connectivity index (χ0) is 13.5. The van der Waals surface area contributed by atoms with Crippen LogP contribution in [-0.4, -0.2) is 5.91 Å². The number of para-hydroxylation sites is 1. The largest absolute Gasteiger partial charge is 0.325 e. The minimum Gasteiger partial charge on any atom is -0.325 e. The van der Waals surface area contributed by atoms with Gasteiger partial charge in [0.05, 0.1) is 5.41 Å². The van der Waals surface area contributed by atoms with Gasteiger partial charge in [-0.25, -0.2) is 4.39 Å². The maximum Gasteiger partial charge on any atom is 0.235 e. The number of halogens is 1. The molecule has 1 amide bonds. The number of hydrogen-bond donors (Lipinski definition) is 1. The highest BCUT2D eigenvalue weighted by Crippen LogP contribution is 2.39. The van der Waals surface area contributed by atoms with Crippen molar-refractivity contribution in [2.75, 3.05) is 5.32 Å². The van der Waals surface area contributed by atoms with E-state index in [1.165, 1.54) is 12.1 Å². The van der Waals surface area contributed by atoms with E-state index in [9.17, 15) is 9.18 Å². The Bertz CT molecular complexity index is 635. The van der Waals surface area contributed by atoms with Gasteiger partial charge in [0.25, 0.3) is 0 Å². The molecular weight excluding hydrogens is 241 g/mol. The fraction of sp³-hybridized carbons (Fsp3) is 0.188. The normalized spacial score (nSPS) is 21.1. The monoisotopic (exact) mass is 255 g/mol. The number of anilines is 1. The number of nitrogens with one attached hydrogen (secondary N) is 1. The first kappa shape index (κ1) is 11.9. The van der Waals surface area contributed by atoms with Gasteiger partial charge in [-0.05, 0) is 42.7 Å². The van der Waals surface area contributed by atoms with Crippen LogP contribution in [0.15, 0.2) is 48.5 Å². The second kappa shape index (κ2) is 4.19. The maximum atomic E-state index is 12.9. The molecule has 0 spiro atoms. The summed E-state index contributed by atoms with van der Waals surface area (Å²) in [6, 6.07) is 14.0. The Labute approximate surface area is 111 Å². The standard InChI is InChI=1S/C16H14FNO/c1-16(10-11-6-8-12(17)9-7-11)13-4-2-3-5-14(13)18-15(16)19/h2-9H,10H2,1H3,(H,18,19). The molecule has 1 N–H and O–H groups in total. The Balaban J connectivity index is 1.99. The second-order valence-electron chi connectivity index (χ2n) is 5.14. The third-order valence-corrected chi connectivity index (χ3v) is 3.74. The van der Waals surface area contributed by atoms with Crippen molar-refractivity contribution in [3.05, 3.63) is 65.5 Å². The molecule has 19 heavy (non-hydrogen) atoms. The predicted molar refractivity (Wildman–Crippen MR) is 72.5 cm³/mol. The van der Waals surface area contributed by atoms with Crippen molar-refractivity contribution < 1.29 is 9.18 Å². The summed E-state index contributed by atoms with van der Waals surface area (Å²) >= 11 is 0. The summed E-state index contributed by atoms with van der Waals surface area (Å²) in [5.41, 5.74) is 2.24. The van der Waals surface area contributed by atoms with Crippen LogP contribution in [0.3, 0.4) is 0 Å². The molecule has 1 heterocycles. The molecule has 0 bridgehead atoms. The van der Waals surface area contributed by atoms with Gasteiger partial charge in [0.15, 0.2) is 0 Å². The van der Waals surface area contributed by atoms with Crippen LogP contribution < -0.4 is 5.32 Å². The Hall–Kier alpha value is -2.16. The van der Waals surface area contributed by atoms with E-state index >= 15 is 0 Å². The molecule has 0 aromatic heterocycles. The molecule has 96 valence electrons. The van der Waals surface area contributed by atoms with Crippen molar-refractivity contribution in [2.24, 2.45) is 0 Å². The lowest BCUT2D eigenvalue weighted by molar-refractivity contribution is -0.120. The minimum absolute atomic E-state index is 0.00183. The van der Waals surface area contributed by atoms with Gasteiger partial charge in [-0.2, -0.15) is 0 Å². The predicted octanol–water partition coefficient (Wildman–Crippen LogP) is 3.28. The van der Waals surface area contributed by atoms with Gasteiger partial charge in [-0.15, -0.1) is 0 Å². The Morgan fingerprint density at radius 2 is 1.79 bits per heavy atom. The van der Waals surface area contributed by atoms with E-state index in [1.807, 2.05) is 31.2 Å². The summed E-state index contributed by atoms with van der Waals surface area (Å²) in [6.45, 7) is 1.93. The molecule has 2 aromatic carbocycles. The fourth-order valence-corrected chi connectivity index (χ4v) is 2.64. The van der Waals surface area contributed by atoms with E-state index in [-0.39, 0.29) is 11.7 Å². The number of rotatable bonds is 2. The molecule has 2 nitrogen and oxygen atoms in total. The van der Waals surface area contributed by atoms with Crippen molar-refractivity contribution in [1.29, 1.82) is 0 Å². The van der Waals surface area contributed by atoms with E-state index in [4.69, 9.17) is 0 Å². The second-order valence-corrected chi connectivity index (χ2v) is 5.14. The Morgan fingerprint density at radius 1 is 1.11 bits per heavy atom. The van der Waals surface area contributed by atoms with E-state index in [1.54, 1.807) is 12.1 Å². The molecule has 0 aliphatic carbocycles. The minimum atomic E-state index is -0.589. The molecule has 2 aromatic rings. The van der Waals surface area contributed by atoms with Crippen LogP contribution in [0.4, 0.5) is 10.1 Å². The van der Waals surface area contributed by atoms with Crippen molar-refractivity contribution in [2.45, 2.75) is 18.8 Å². The number of benzene rings is 2. The lowest BCUT2D eigenvalue weighted by atomic mass is 9.78. The number of fused-ring (bicyclic) bond motifs is 1. The van der Waals surface area contributed by atoms with Crippen molar-refractivity contribution in [3.63, 3.8) is 0 Å². The zero-order valence-corrected chi connectivity index (χ0v) is 10.6. The van der Waals surface area contributed by atoms with Gasteiger partial charge in [-0.3, -0.25) is 4.79 Å². The summed E-state index contributed by atoms with van der Waals surface area (Å²) in [7, 11) is 0. The maximum absolute atomic E-state index is 12.9. The molecule has 3 heteroatoms. The smallest absolute Gasteiger partial charge is 0.235 e. The van der Waals surface area contributed by atoms with E-state index in [0.29, 0.717) is 6.42 Å². The number of amides is 1. The average molecular weight is 255 g/mol. The molecule has 0 fully saturated rings. The first-order valence-corrected chi connectivity index (χ1v) is 6.25. The molecule has 3 rings (SSSR count). The van der Waals surface area contributed by atoms with Crippen LogP contribution in [0.5, 0.6) is 0 Å². The zero-order valence-electron chi connectivity index (χ0n) is 10.6. The van der Waals surface area contributed by atoms with Crippen LogP contribution in [0.2, 0.25) is 0 Å². The third kappa shape index (κ3) is 1.91. The molecular formula is C16H14FNO. The molecule has 1 unspecified atom stereocenters. The third-order valence-electron chi connectivity index (χ3n) is 3.74. The fourth-order valence-electron chi connectivity index (χ4n) is 2.64. The van der Waals surface area contributed by atoms with Crippen LogP contribution in [0.25, 0.3) is 0 Å². The first-order chi connectivity index (χ1) is 9.09. The van der Waals surface area contributed by atoms with Gasteiger partial charge in [0, 0.05) is 5.69 Å². The lowest BCUT2D eigenvalue weighted by Gasteiger charge is -2.22. The van der Waals surface area contributed by atoms with E-state index in [0.717, 1.165) is 16.8 Å². The highest BCUT2D eigenvalue weighted by atomic mass is 19.1. The summed E-state index contributed by atoms with van der Waals surface area (Å²) in [5.74, 6) is -0.261. The lowest BCUT2D eigenvalue weighted by Crippen LogP contribution is -2.33. The SMILES string of the molecule is CC1(Cc2ccc(F)cc2)C(=O)Nc2ccccc21. The molecule has 1 aliphatic rings. The number of carbonyl (C=O) groups is 1. The van der Waals surface area contributed by atoms with E-state index < -0.39 is 5.41 Å². The summed E-state index contributed by atoms with van der Waals surface area (Å²) in [5, 5.41) is 2.91. The van der Waals surface area contributed by atoms with Crippen molar-refractivity contribution >= 4 is 11.6 Å². The van der Waals surface area contributed by atoms with E-state index in [2.05, 4.69) is 5.32 Å². The summed E-state index contributed by atoms with van der Waals surface area (Å²) in [4.78, 5) is 12.2. The van der Waals surface area contributed by atoms with Crippen LogP contribution in [-0.2, 0) is 16.6 Å². The molecule has 0 saturated carbocycles. The van der Waals surface area contributed by atoms with Gasteiger partial charge in [0.2, 0.25) is 5.91 Å². The molecule has 0 saturated heterocycles. The highest BCUT2D eigenvalue weighted by Gasteiger charge is 2.42. The van der Waals surface area contributed by atoms with Crippen LogP contribution >= 0.6 is 0 Å². The molecule has 1 aliphatic heterocycles. The van der Waals surface area contributed by atoms with Gasteiger partial charge >= 0.3 is 0 Å².